The van der Waals surface area contributed by atoms with Gasteiger partial charge < -0.3 is 14.7 Å². The Morgan fingerprint density at radius 2 is 2.30 bits per heavy atom. The van der Waals surface area contributed by atoms with Crippen molar-refractivity contribution >= 4 is 21.8 Å². The maximum Gasteiger partial charge on any atom is 0.263 e. The van der Waals surface area contributed by atoms with E-state index in [2.05, 4.69) is 15.9 Å². The van der Waals surface area contributed by atoms with Crippen molar-refractivity contribution in [3.8, 4) is 5.75 Å². The second-order valence-electron chi connectivity index (χ2n) is 5.27. The Kier molecular flexibility index (Phi) is 5.05. The average molecular weight is 342 g/mol. The monoisotopic (exact) mass is 341 g/mol. The summed E-state index contributed by atoms with van der Waals surface area (Å²) in [5.41, 5.74) is 1.13. The molecule has 110 valence electrons. The first kappa shape index (κ1) is 15.3. The summed E-state index contributed by atoms with van der Waals surface area (Å²) < 4.78 is 6.57. The first-order valence-electron chi connectivity index (χ1n) is 6.87. The molecule has 2 rings (SSSR count). The quantitative estimate of drug-likeness (QED) is 0.918. The minimum atomic E-state index is -0.556. The number of halogens is 1. The first-order valence-corrected chi connectivity index (χ1v) is 7.66. The van der Waals surface area contributed by atoms with Gasteiger partial charge in [-0.3, -0.25) is 4.79 Å². The summed E-state index contributed by atoms with van der Waals surface area (Å²) in [6.07, 6.45) is 0.640. The molecule has 1 amide bonds. The minimum Gasteiger partial charge on any atom is -0.480 e. The number of nitrogens with zero attached hydrogens (tertiary/aromatic N) is 1. The van der Waals surface area contributed by atoms with Crippen molar-refractivity contribution in [1.82, 2.24) is 4.90 Å². The molecule has 2 atom stereocenters. The van der Waals surface area contributed by atoms with Crippen molar-refractivity contribution in [3.05, 3.63) is 28.2 Å². The van der Waals surface area contributed by atoms with Crippen molar-refractivity contribution in [2.75, 3.05) is 13.1 Å². The van der Waals surface area contributed by atoms with Crippen LogP contribution in [0.5, 0.6) is 5.75 Å². The summed E-state index contributed by atoms with van der Waals surface area (Å²) in [4.78, 5) is 14.0. The number of piperidine rings is 1. The van der Waals surface area contributed by atoms with Gasteiger partial charge in [0, 0.05) is 13.1 Å². The smallest absolute Gasteiger partial charge is 0.263 e. The number of carbonyl (C=O) groups is 1. The number of aliphatic hydroxyl groups excluding tert-OH is 1. The lowest BCUT2D eigenvalue weighted by molar-refractivity contribution is -0.141. The van der Waals surface area contributed by atoms with Crippen LogP contribution in [0.3, 0.4) is 0 Å². The molecule has 1 saturated heterocycles. The largest absolute Gasteiger partial charge is 0.480 e. The summed E-state index contributed by atoms with van der Waals surface area (Å²) in [5, 5.41) is 9.63. The number of β-amino-alcohol motifs (C(OH)–C–C–N with tert-alkyl or cyclic N) is 1. The van der Waals surface area contributed by atoms with Gasteiger partial charge in [0.25, 0.3) is 5.91 Å². The summed E-state index contributed by atoms with van der Waals surface area (Å²) in [6.45, 7) is 4.84. The lowest BCUT2D eigenvalue weighted by Gasteiger charge is -2.32. The molecule has 1 aliphatic heterocycles. The van der Waals surface area contributed by atoms with Crippen LogP contribution >= 0.6 is 15.9 Å². The predicted molar refractivity (Wildman–Crippen MR) is 80.8 cm³/mol. The zero-order chi connectivity index (χ0) is 14.7. The second kappa shape index (κ2) is 6.59. The Hall–Kier alpha value is -1.07. The molecule has 1 N–H and O–H groups in total. The topological polar surface area (TPSA) is 49.8 Å². The zero-order valence-electron chi connectivity index (χ0n) is 11.8. The third-order valence-electron chi connectivity index (χ3n) is 3.45. The molecule has 2 unspecified atom stereocenters. The average Bonchev–Trinajstić information content (AvgIpc) is 2.41. The van der Waals surface area contributed by atoms with E-state index in [0.29, 0.717) is 18.8 Å². The molecule has 0 spiro atoms. The molecule has 0 bridgehead atoms. The fourth-order valence-corrected chi connectivity index (χ4v) is 2.94. The molecule has 20 heavy (non-hydrogen) atoms. The summed E-state index contributed by atoms with van der Waals surface area (Å²) in [6, 6.07) is 5.76. The van der Waals surface area contributed by atoms with Gasteiger partial charge in [0.15, 0.2) is 6.10 Å². The van der Waals surface area contributed by atoms with Crippen molar-refractivity contribution in [2.24, 2.45) is 0 Å². The number of carbonyl (C=O) groups excluding carboxylic acids is 1. The third kappa shape index (κ3) is 3.73. The summed E-state index contributed by atoms with van der Waals surface area (Å²) in [7, 11) is 0. The van der Waals surface area contributed by atoms with Gasteiger partial charge in [0.2, 0.25) is 0 Å². The molecular formula is C15H20BrNO3. The predicted octanol–water partition coefficient (Wildman–Crippen LogP) is 2.51. The van der Waals surface area contributed by atoms with Gasteiger partial charge in [-0.2, -0.15) is 0 Å². The van der Waals surface area contributed by atoms with Gasteiger partial charge in [-0.25, -0.2) is 0 Å². The van der Waals surface area contributed by atoms with Crippen LogP contribution in [0, 0.1) is 6.92 Å². The molecule has 0 radical (unpaired) electrons. The van der Waals surface area contributed by atoms with E-state index in [1.807, 2.05) is 25.1 Å². The van der Waals surface area contributed by atoms with Gasteiger partial charge in [-0.05, 0) is 60.3 Å². The highest BCUT2D eigenvalue weighted by molar-refractivity contribution is 9.10. The van der Waals surface area contributed by atoms with Crippen LogP contribution in [-0.4, -0.2) is 41.2 Å². The lowest BCUT2D eigenvalue weighted by atomic mass is 10.1. The van der Waals surface area contributed by atoms with Crippen LogP contribution in [0.15, 0.2) is 22.7 Å². The number of aliphatic hydroxyl groups is 1. The third-order valence-corrected chi connectivity index (χ3v) is 4.07. The highest BCUT2D eigenvalue weighted by Gasteiger charge is 2.27. The van der Waals surface area contributed by atoms with Gasteiger partial charge in [0.1, 0.15) is 5.75 Å². The molecule has 1 fully saturated rings. The van der Waals surface area contributed by atoms with Gasteiger partial charge in [0.05, 0.1) is 10.6 Å². The van der Waals surface area contributed by atoms with Crippen LogP contribution in [-0.2, 0) is 4.79 Å². The van der Waals surface area contributed by atoms with Crippen LogP contribution in [0.4, 0.5) is 0 Å². The fourth-order valence-electron chi connectivity index (χ4n) is 2.35. The van der Waals surface area contributed by atoms with Crippen molar-refractivity contribution in [3.63, 3.8) is 0 Å². The van der Waals surface area contributed by atoms with Crippen molar-refractivity contribution < 1.29 is 14.6 Å². The normalized spacial score (nSPS) is 20.6. The zero-order valence-corrected chi connectivity index (χ0v) is 13.4. The van der Waals surface area contributed by atoms with E-state index in [1.54, 1.807) is 11.8 Å². The van der Waals surface area contributed by atoms with Gasteiger partial charge in [-0.1, -0.05) is 6.07 Å². The van der Waals surface area contributed by atoms with Crippen LogP contribution in [0.25, 0.3) is 0 Å². The molecule has 4 nitrogen and oxygen atoms in total. The lowest BCUT2D eigenvalue weighted by Crippen LogP contribution is -2.47. The van der Waals surface area contributed by atoms with E-state index in [-0.39, 0.29) is 5.91 Å². The van der Waals surface area contributed by atoms with Crippen LogP contribution < -0.4 is 4.74 Å². The molecule has 0 saturated carbocycles. The van der Waals surface area contributed by atoms with E-state index in [1.165, 1.54) is 0 Å². The standard InChI is InChI=1S/C15H20BrNO3/c1-10-5-6-14(13(16)8-10)20-11(2)15(19)17-7-3-4-12(18)9-17/h5-6,8,11-12,18H,3-4,7,9H2,1-2H3. The Morgan fingerprint density at radius 1 is 1.55 bits per heavy atom. The molecule has 0 aromatic heterocycles. The number of hydrogen-bond donors (Lipinski definition) is 1. The molecule has 5 heteroatoms. The van der Waals surface area contributed by atoms with Gasteiger partial charge >= 0.3 is 0 Å². The Balaban J connectivity index is 2.00. The molecular weight excluding hydrogens is 322 g/mol. The van der Waals surface area contributed by atoms with E-state index in [4.69, 9.17) is 4.74 Å². The van der Waals surface area contributed by atoms with E-state index in [9.17, 15) is 9.90 Å². The summed E-state index contributed by atoms with van der Waals surface area (Å²) in [5.74, 6) is 0.588. The maximum absolute atomic E-state index is 12.3. The number of ether oxygens (including phenoxy) is 1. The molecule has 1 aliphatic rings. The molecule has 1 heterocycles. The van der Waals surface area contributed by atoms with Crippen molar-refractivity contribution in [2.45, 2.75) is 38.9 Å². The van der Waals surface area contributed by atoms with E-state index in [0.717, 1.165) is 22.9 Å². The fraction of sp³-hybridized carbons (Fsp3) is 0.533. The number of amides is 1. The maximum atomic E-state index is 12.3. The SMILES string of the molecule is Cc1ccc(OC(C)C(=O)N2CCCC(O)C2)c(Br)c1. The molecule has 1 aromatic rings. The Labute approximate surface area is 127 Å². The highest BCUT2D eigenvalue weighted by Crippen LogP contribution is 2.27. The minimum absolute atomic E-state index is 0.0729. The molecule has 1 aromatic carbocycles. The van der Waals surface area contributed by atoms with E-state index < -0.39 is 12.2 Å². The van der Waals surface area contributed by atoms with Crippen LogP contribution in [0.2, 0.25) is 0 Å². The number of benzene rings is 1. The van der Waals surface area contributed by atoms with E-state index >= 15 is 0 Å². The Bertz CT molecular complexity index is 492. The number of hydrogen-bond acceptors (Lipinski definition) is 3. The second-order valence-corrected chi connectivity index (χ2v) is 6.13. The number of likely N-dealkylation sites (tertiary alicyclic amines) is 1. The van der Waals surface area contributed by atoms with Crippen molar-refractivity contribution in [1.29, 1.82) is 0 Å². The molecule has 0 aliphatic carbocycles. The Morgan fingerprint density at radius 3 is 2.95 bits per heavy atom. The first-order chi connectivity index (χ1) is 9.47. The highest BCUT2D eigenvalue weighted by atomic mass is 79.9. The summed E-state index contributed by atoms with van der Waals surface area (Å²) >= 11 is 3.44. The number of aryl methyl sites for hydroxylation is 1. The van der Waals surface area contributed by atoms with Crippen LogP contribution in [0.1, 0.15) is 25.3 Å². The number of rotatable bonds is 3. The van der Waals surface area contributed by atoms with Gasteiger partial charge in [-0.15, -0.1) is 0 Å².